The fourth-order valence-corrected chi connectivity index (χ4v) is 1.79. The van der Waals surface area contributed by atoms with Gasteiger partial charge in [0.25, 0.3) is 0 Å². The molecule has 2 amide bonds. The van der Waals surface area contributed by atoms with Gasteiger partial charge in [0.05, 0.1) is 0 Å². The van der Waals surface area contributed by atoms with E-state index in [1.807, 2.05) is 0 Å². The summed E-state index contributed by atoms with van der Waals surface area (Å²) in [5.74, 6) is 0. The van der Waals surface area contributed by atoms with Gasteiger partial charge in [-0.1, -0.05) is 11.8 Å². The smallest absolute Gasteiger partial charge is 0.413 e. The van der Waals surface area contributed by atoms with Crippen molar-refractivity contribution < 1.29 is 23.9 Å². The van der Waals surface area contributed by atoms with Crippen molar-refractivity contribution in [2.75, 3.05) is 6.26 Å². The summed E-state index contributed by atoms with van der Waals surface area (Å²) in [6, 6.07) is 0. The fourth-order valence-electron chi connectivity index (χ4n) is 1.32. The lowest BCUT2D eigenvalue weighted by atomic mass is 10.2. The van der Waals surface area contributed by atoms with Crippen LogP contribution >= 0.6 is 11.8 Å². The Morgan fingerprint density at radius 2 is 1.42 bits per heavy atom. The Kier molecular flexibility index (Phi) is 7.75. The number of aldehydes is 1. The lowest BCUT2D eigenvalue weighted by molar-refractivity contribution is -0.112. The summed E-state index contributed by atoms with van der Waals surface area (Å²) in [6.45, 7) is 11.7. The summed E-state index contributed by atoms with van der Waals surface area (Å²) in [4.78, 5) is 39.1. The third-order valence-electron chi connectivity index (χ3n) is 2.12. The lowest BCUT2D eigenvalue weighted by Crippen LogP contribution is -2.49. The van der Waals surface area contributed by atoms with Gasteiger partial charge in [0.1, 0.15) is 11.2 Å². The number of amides is 2. The van der Waals surface area contributed by atoms with E-state index in [9.17, 15) is 14.4 Å². The van der Waals surface area contributed by atoms with Gasteiger partial charge in [-0.25, -0.2) is 14.6 Å². The SMILES string of the molecule is CSC(=NC(C)(C=O)NC(=O)OC(C)(C)C)NC(=O)OC(C)(C)C. The van der Waals surface area contributed by atoms with Crippen LogP contribution in [0.1, 0.15) is 48.5 Å². The molecule has 0 aliphatic carbocycles. The van der Waals surface area contributed by atoms with E-state index in [-0.39, 0.29) is 5.17 Å². The molecular formula is C15H27N3O5S. The largest absolute Gasteiger partial charge is 0.444 e. The first kappa shape index (κ1) is 22.2. The molecule has 1 unspecified atom stereocenters. The maximum Gasteiger partial charge on any atom is 0.413 e. The van der Waals surface area contributed by atoms with Crippen molar-refractivity contribution in [1.82, 2.24) is 10.6 Å². The van der Waals surface area contributed by atoms with Crippen LogP contribution in [0, 0.1) is 0 Å². The minimum atomic E-state index is -1.59. The summed E-state index contributed by atoms with van der Waals surface area (Å²) in [5, 5.41) is 4.92. The Morgan fingerprint density at radius 1 is 0.958 bits per heavy atom. The third kappa shape index (κ3) is 10.1. The number of carbonyl (C=O) groups excluding carboxylic acids is 3. The number of carbonyl (C=O) groups is 3. The molecule has 0 fully saturated rings. The highest BCUT2D eigenvalue weighted by molar-refractivity contribution is 8.13. The van der Waals surface area contributed by atoms with E-state index in [1.165, 1.54) is 6.92 Å². The molecule has 0 bridgehead atoms. The second-order valence-corrected chi connectivity index (χ2v) is 7.94. The van der Waals surface area contributed by atoms with Crippen LogP contribution in [-0.4, -0.2) is 46.8 Å². The van der Waals surface area contributed by atoms with E-state index in [0.717, 1.165) is 11.8 Å². The molecule has 0 rings (SSSR count). The average Bonchev–Trinajstić information content (AvgIpc) is 2.32. The summed E-state index contributed by atoms with van der Waals surface area (Å²) in [7, 11) is 0. The number of aliphatic imine (C=N–C) groups is 1. The van der Waals surface area contributed by atoms with E-state index in [2.05, 4.69) is 15.6 Å². The van der Waals surface area contributed by atoms with Crippen LogP contribution in [0.5, 0.6) is 0 Å². The first-order chi connectivity index (χ1) is 10.7. The highest BCUT2D eigenvalue weighted by atomic mass is 32.2. The Morgan fingerprint density at radius 3 is 1.79 bits per heavy atom. The number of nitrogens with zero attached hydrogens (tertiary/aromatic N) is 1. The van der Waals surface area contributed by atoms with Crippen LogP contribution in [-0.2, 0) is 14.3 Å². The highest BCUT2D eigenvalue weighted by Crippen LogP contribution is 2.12. The van der Waals surface area contributed by atoms with Gasteiger partial charge >= 0.3 is 12.2 Å². The Bertz CT molecular complexity index is 508. The van der Waals surface area contributed by atoms with E-state index < -0.39 is 29.1 Å². The van der Waals surface area contributed by atoms with Crippen molar-refractivity contribution in [3.05, 3.63) is 0 Å². The predicted molar refractivity (Wildman–Crippen MR) is 94.2 cm³/mol. The van der Waals surface area contributed by atoms with Gasteiger partial charge in [-0.3, -0.25) is 15.4 Å². The molecule has 0 spiro atoms. The second-order valence-electron chi connectivity index (χ2n) is 7.14. The minimum absolute atomic E-state index is 0.120. The number of thioether (sulfide) groups is 1. The van der Waals surface area contributed by atoms with Gasteiger partial charge in [0.15, 0.2) is 17.1 Å². The Labute approximate surface area is 147 Å². The molecule has 2 N–H and O–H groups in total. The molecular weight excluding hydrogens is 334 g/mol. The van der Waals surface area contributed by atoms with Gasteiger partial charge in [0.2, 0.25) is 0 Å². The zero-order valence-electron chi connectivity index (χ0n) is 15.5. The number of nitrogens with one attached hydrogen (secondary N) is 2. The Balaban J connectivity index is 5.11. The lowest BCUT2D eigenvalue weighted by Gasteiger charge is -2.25. The molecule has 138 valence electrons. The van der Waals surface area contributed by atoms with E-state index in [4.69, 9.17) is 9.47 Å². The quantitative estimate of drug-likeness (QED) is 0.455. The molecule has 0 heterocycles. The molecule has 0 aromatic rings. The zero-order chi connectivity index (χ0) is 19.2. The zero-order valence-corrected chi connectivity index (χ0v) is 16.3. The molecule has 24 heavy (non-hydrogen) atoms. The molecule has 0 aliphatic heterocycles. The minimum Gasteiger partial charge on any atom is -0.444 e. The van der Waals surface area contributed by atoms with Crippen molar-refractivity contribution >= 4 is 35.4 Å². The summed E-state index contributed by atoms with van der Waals surface area (Å²) >= 11 is 1.09. The van der Waals surface area contributed by atoms with Crippen molar-refractivity contribution in [1.29, 1.82) is 0 Å². The summed E-state index contributed by atoms with van der Waals surface area (Å²) in [6.07, 6.45) is 0.610. The first-order valence-corrected chi connectivity index (χ1v) is 8.53. The van der Waals surface area contributed by atoms with Crippen LogP contribution in [0.3, 0.4) is 0 Å². The van der Waals surface area contributed by atoms with Crippen LogP contribution in [0.25, 0.3) is 0 Å². The fraction of sp³-hybridized carbons (Fsp3) is 0.733. The maximum absolute atomic E-state index is 11.8. The highest BCUT2D eigenvalue weighted by Gasteiger charge is 2.29. The topological polar surface area (TPSA) is 106 Å². The number of hydrogen-bond acceptors (Lipinski definition) is 7. The normalized spacial score (nSPS) is 15.1. The van der Waals surface area contributed by atoms with Crippen LogP contribution in [0.15, 0.2) is 4.99 Å². The van der Waals surface area contributed by atoms with E-state index >= 15 is 0 Å². The number of hydrogen-bond donors (Lipinski definition) is 2. The maximum atomic E-state index is 11.8. The standard InChI is InChI=1S/C15H27N3O5S/c1-13(2,3)22-11(20)16-10(24-8)17-15(7,9-19)18-12(21)23-14(4,5)6/h9H,1-8H3,(H,18,21)(H,16,17,20). The molecule has 0 aromatic carbocycles. The molecule has 0 saturated heterocycles. The Hall–Kier alpha value is -1.77. The van der Waals surface area contributed by atoms with E-state index in [1.54, 1.807) is 47.8 Å². The van der Waals surface area contributed by atoms with Gasteiger partial charge in [-0.2, -0.15) is 0 Å². The molecule has 0 aromatic heterocycles. The van der Waals surface area contributed by atoms with Gasteiger partial charge in [-0.05, 0) is 54.7 Å². The van der Waals surface area contributed by atoms with Crippen molar-refractivity contribution in [3.8, 4) is 0 Å². The summed E-state index contributed by atoms with van der Waals surface area (Å²) in [5.41, 5.74) is -2.97. The second kappa shape index (κ2) is 8.36. The van der Waals surface area contributed by atoms with E-state index in [0.29, 0.717) is 6.29 Å². The predicted octanol–water partition coefficient (Wildman–Crippen LogP) is 2.67. The van der Waals surface area contributed by atoms with Crippen LogP contribution in [0.2, 0.25) is 0 Å². The molecule has 0 saturated carbocycles. The number of ether oxygens (including phenoxy) is 2. The van der Waals surface area contributed by atoms with Crippen molar-refractivity contribution in [2.24, 2.45) is 4.99 Å². The van der Waals surface area contributed by atoms with Crippen molar-refractivity contribution in [2.45, 2.75) is 65.3 Å². The van der Waals surface area contributed by atoms with Gasteiger partial charge < -0.3 is 9.47 Å². The first-order valence-electron chi connectivity index (χ1n) is 7.31. The third-order valence-corrected chi connectivity index (χ3v) is 2.70. The number of alkyl carbamates (subject to hydrolysis) is 2. The molecule has 0 aliphatic rings. The average molecular weight is 361 g/mol. The van der Waals surface area contributed by atoms with Crippen molar-refractivity contribution in [3.63, 3.8) is 0 Å². The summed E-state index contributed by atoms with van der Waals surface area (Å²) < 4.78 is 10.2. The van der Waals surface area contributed by atoms with Gasteiger partial charge in [-0.15, -0.1) is 0 Å². The molecule has 8 nitrogen and oxygen atoms in total. The number of amidine groups is 1. The van der Waals surface area contributed by atoms with Gasteiger partial charge in [0, 0.05) is 0 Å². The van der Waals surface area contributed by atoms with Crippen LogP contribution in [0.4, 0.5) is 9.59 Å². The monoisotopic (exact) mass is 361 g/mol. The molecule has 0 radical (unpaired) electrons. The number of rotatable bonds is 3. The molecule has 9 heteroatoms. The van der Waals surface area contributed by atoms with Crippen LogP contribution < -0.4 is 10.6 Å². The molecule has 1 atom stereocenters.